The highest BCUT2D eigenvalue weighted by atomic mass is 16.5. The number of nitrogens with one attached hydrogen (secondary N) is 1. The van der Waals surface area contributed by atoms with E-state index in [4.69, 9.17) is 10.5 Å². The van der Waals surface area contributed by atoms with Crippen LogP contribution < -0.4 is 11.2 Å². The third-order valence-electron chi connectivity index (χ3n) is 2.71. The summed E-state index contributed by atoms with van der Waals surface area (Å²) >= 11 is 0. The largest absolute Gasteiger partial charge is 0.379 e. The van der Waals surface area contributed by atoms with Crippen LogP contribution in [-0.4, -0.2) is 47.6 Å². The molecule has 1 aromatic heterocycles. The molecule has 0 aromatic carbocycles. The van der Waals surface area contributed by atoms with Crippen molar-refractivity contribution in [2.75, 3.05) is 32.8 Å². The number of nitrogens with zero attached hydrogens (tertiary/aromatic N) is 3. The van der Waals surface area contributed by atoms with E-state index in [1.54, 1.807) is 4.68 Å². The minimum absolute atomic E-state index is 0.131. The first kappa shape index (κ1) is 11.5. The maximum absolute atomic E-state index is 5.77. The van der Waals surface area contributed by atoms with Crippen LogP contribution in [-0.2, 0) is 11.8 Å². The Morgan fingerprint density at radius 1 is 1.56 bits per heavy atom. The first-order valence-corrected chi connectivity index (χ1v) is 5.57. The van der Waals surface area contributed by atoms with E-state index in [-0.39, 0.29) is 6.04 Å². The summed E-state index contributed by atoms with van der Waals surface area (Å²) in [6, 6.07) is 0.131. The van der Waals surface area contributed by atoms with Gasteiger partial charge in [-0.1, -0.05) is 0 Å². The maximum Gasteiger partial charge on any atom is 0.0617 e. The molecule has 90 valence electrons. The van der Waals surface area contributed by atoms with E-state index in [0.717, 1.165) is 31.9 Å². The minimum Gasteiger partial charge on any atom is -0.379 e. The van der Waals surface area contributed by atoms with Crippen molar-refractivity contribution in [3.63, 3.8) is 0 Å². The monoisotopic (exact) mass is 225 g/mol. The van der Waals surface area contributed by atoms with Gasteiger partial charge in [-0.3, -0.25) is 4.68 Å². The molecule has 16 heavy (non-hydrogen) atoms. The Kier molecular flexibility index (Phi) is 3.89. The van der Waals surface area contributed by atoms with Crippen molar-refractivity contribution < 1.29 is 4.74 Å². The van der Waals surface area contributed by atoms with Crippen molar-refractivity contribution in [3.05, 3.63) is 18.0 Å². The Hall–Kier alpha value is -0.950. The number of hydrogen-bond donors (Lipinski definition) is 2. The molecule has 1 aliphatic rings. The molecule has 6 nitrogen and oxygen atoms in total. The molecule has 0 aliphatic carbocycles. The van der Waals surface area contributed by atoms with Gasteiger partial charge in [0.25, 0.3) is 0 Å². The fourth-order valence-corrected chi connectivity index (χ4v) is 1.80. The molecule has 1 atom stereocenters. The van der Waals surface area contributed by atoms with Gasteiger partial charge < -0.3 is 10.5 Å². The molecule has 1 fully saturated rings. The fraction of sp³-hybridized carbons (Fsp3) is 0.700. The average Bonchev–Trinajstić information content (AvgIpc) is 2.74. The molecule has 1 unspecified atom stereocenters. The summed E-state index contributed by atoms with van der Waals surface area (Å²) in [4.78, 5) is 0. The standard InChI is InChI=1S/C10H19N5O/c1-14-8-9(7-12-14)10(6-11)13-15-2-4-16-5-3-15/h7-8,10,13H,2-6,11H2,1H3. The molecule has 0 bridgehead atoms. The highest BCUT2D eigenvalue weighted by Gasteiger charge is 2.17. The zero-order valence-electron chi connectivity index (χ0n) is 9.59. The molecule has 3 N–H and O–H groups in total. The second-order valence-corrected chi connectivity index (χ2v) is 3.96. The van der Waals surface area contributed by atoms with Gasteiger partial charge in [-0.15, -0.1) is 0 Å². The quantitative estimate of drug-likeness (QED) is 0.706. The van der Waals surface area contributed by atoms with Crippen molar-refractivity contribution in [3.8, 4) is 0 Å². The van der Waals surface area contributed by atoms with Gasteiger partial charge in [0, 0.05) is 38.4 Å². The maximum atomic E-state index is 5.77. The summed E-state index contributed by atoms with van der Waals surface area (Å²) in [5, 5.41) is 6.32. The van der Waals surface area contributed by atoms with Crippen LogP contribution in [0.1, 0.15) is 11.6 Å². The summed E-state index contributed by atoms with van der Waals surface area (Å²) in [5.41, 5.74) is 10.3. The van der Waals surface area contributed by atoms with E-state index in [1.165, 1.54) is 0 Å². The van der Waals surface area contributed by atoms with Gasteiger partial charge in [0.05, 0.1) is 25.5 Å². The minimum atomic E-state index is 0.131. The van der Waals surface area contributed by atoms with Crippen LogP contribution in [0.4, 0.5) is 0 Å². The van der Waals surface area contributed by atoms with Crippen LogP contribution >= 0.6 is 0 Å². The molecule has 1 aromatic rings. The van der Waals surface area contributed by atoms with Crippen LogP contribution in [0.25, 0.3) is 0 Å². The molecule has 2 rings (SSSR count). The summed E-state index contributed by atoms with van der Waals surface area (Å²) < 4.78 is 7.09. The van der Waals surface area contributed by atoms with Crippen molar-refractivity contribution >= 4 is 0 Å². The predicted molar refractivity (Wildman–Crippen MR) is 60.5 cm³/mol. The Balaban J connectivity index is 1.94. The van der Waals surface area contributed by atoms with Crippen molar-refractivity contribution in [1.82, 2.24) is 20.2 Å². The molecular weight excluding hydrogens is 206 g/mol. The molecule has 1 saturated heterocycles. The Morgan fingerprint density at radius 2 is 2.31 bits per heavy atom. The molecule has 0 amide bonds. The van der Waals surface area contributed by atoms with Gasteiger partial charge >= 0.3 is 0 Å². The third kappa shape index (κ3) is 2.79. The number of morpholine rings is 1. The fourth-order valence-electron chi connectivity index (χ4n) is 1.80. The van der Waals surface area contributed by atoms with Crippen molar-refractivity contribution in [2.24, 2.45) is 12.8 Å². The zero-order chi connectivity index (χ0) is 11.4. The van der Waals surface area contributed by atoms with Gasteiger partial charge in [-0.25, -0.2) is 10.4 Å². The highest BCUT2D eigenvalue weighted by Crippen LogP contribution is 2.11. The number of ether oxygens (including phenoxy) is 1. The van der Waals surface area contributed by atoms with E-state index >= 15 is 0 Å². The smallest absolute Gasteiger partial charge is 0.0617 e. The van der Waals surface area contributed by atoms with E-state index in [9.17, 15) is 0 Å². The van der Waals surface area contributed by atoms with Crippen LogP contribution in [0, 0.1) is 0 Å². The number of aryl methyl sites for hydroxylation is 1. The third-order valence-corrected chi connectivity index (χ3v) is 2.71. The molecule has 0 spiro atoms. The first-order chi connectivity index (χ1) is 7.79. The van der Waals surface area contributed by atoms with Crippen LogP contribution in [0.3, 0.4) is 0 Å². The van der Waals surface area contributed by atoms with Crippen LogP contribution in [0.15, 0.2) is 12.4 Å². The van der Waals surface area contributed by atoms with Crippen molar-refractivity contribution in [1.29, 1.82) is 0 Å². The Morgan fingerprint density at radius 3 is 2.88 bits per heavy atom. The number of nitrogens with two attached hydrogens (primary N) is 1. The van der Waals surface area contributed by atoms with E-state index in [0.29, 0.717) is 6.54 Å². The van der Waals surface area contributed by atoms with E-state index in [1.807, 2.05) is 19.4 Å². The number of hydrazine groups is 1. The SMILES string of the molecule is Cn1cc(C(CN)NN2CCOCC2)cn1. The Labute approximate surface area is 95.3 Å². The molecule has 1 aliphatic heterocycles. The lowest BCUT2D eigenvalue weighted by Crippen LogP contribution is -2.48. The van der Waals surface area contributed by atoms with E-state index in [2.05, 4.69) is 15.5 Å². The van der Waals surface area contributed by atoms with Gasteiger partial charge in [0.2, 0.25) is 0 Å². The zero-order valence-corrected chi connectivity index (χ0v) is 9.59. The lowest BCUT2D eigenvalue weighted by atomic mass is 10.2. The second-order valence-electron chi connectivity index (χ2n) is 3.96. The Bertz CT molecular complexity index is 321. The molecule has 0 saturated carbocycles. The summed E-state index contributed by atoms with van der Waals surface area (Å²) in [5.74, 6) is 0. The summed E-state index contributed by atoms with van der Waals surface area (Å²) in [6.07, 6.45) is 3.84. The molecule has 2 heterocycles. The molecule has 0 radical (unpaired) electrons. The highest BCUT2D eigenvalue weighted by molar-refractivity contribution is 5.10. The lowest BCUT2D eigenvalue weighted by molar-refractivity contribution is 0.00404. The number of rotatable bonds is 4. The van der Waals surface area contributed by atoms with Gasteiger partial charge in [0.15, 0.2) is 0 Å². The predicted octanol–water partition coefficient (Wildman–Crippen LogP) is -0.743. The second kappa shape index (κ2) is 5.40. The average molecular weight is 225 g/mol. The summed E-state index contributed by atoms with van der Waals surface area (Å²) in [6.45, 7) is 3.91. The van der Waals surface area contributed by atoms with Gasteiger partial charge in [0.1, 0.15) is 0 Å². The van der Waals surface area contributed by atoms with Crippen molar-refractivity contribution in [2.45, 2.75) is 6.04 Å². The van der Waals surface area contributed by atoms with Gasteiger partial charge in [-0.2, -0.15) is 5.10 Å². The number of hydrogen-bond acceptors (Lipinski definition) is 5. The summed E-state index contributed by atoms with van der Waals surface area (Å²) in [7, 11) is 1.91. The normalized spacial score (nSPS) is 19.9. The lowest BCUT2D eigenvalue weighted by Gasteiger charge is -2.30. The topological polar surface area (TPSA) is 68.3 Å². The van der Waals surface area contributed by atoms with Gasteiger partial charge in [-0.05, 0) is 0 Å². The molecule has 6 heteroatoms. The number of aromatic nitrogens is 2. The van der Waals surface area contributed by atoms with Crippen LogP contribution in [0.5, 0.6) is 0 Å². The molecular formula is C10H19N5O. The van der Waals surface area contributed by atoms with Crippen LogP contribution in [0.2, 0.25) is 0 Å². The van der Waals surface area contributed by atoms with E-state index < -0.39 is 0 Å². The first-order valence-electron chi connectivity index (χ1n) is 5.57.